The van der Waals surface area contributed by atoms with E-state index >= 15 is 0 Å². The van der Waals surface area contributed by atoms with Crippen LogP contribution in [0.1, 0.15) is 16.9 Å². The van der Waals surface area contributed by atoms with Gasteiger partial charge in [-0.2, -0.15) is 0 Å². The van der Waals surface area contributed by atoms with Crippen molar-refractivity contribution < 1.29 is 14.6 Å². The van der Waals surface area contributed by atoms with Gasteiger partial charge in [-0.05, 0) is 28.1 Å². The van der Waals surface area contributed by atoms with E-state index in [2.05, 4.69) is 44.4 Å². The van der Waals surface area contributed by atoms with Crippen molar-refractivity contribution in [2.75, 3.05) is 18.9 Å². The number of nitrogens with one attached hydrogen (secondary N) is 1. The maximum Gasteiger partial charge on any atom is 0.278 e. The summed E-state index contributed by atoms with van der Waals surface area (Å²) < 4.78 is 5.80. The van der Waals surface area contributed by atoms with Crippen LogP contribution in [0.4, 0.5) is 5.82 Å². The molecule has 1 amide bonds. The molecule has 0 aliphatic rings. The van der Waals surface area contributed by atoms with E-state index in [4.69, 9.17) is 15.6 Å². The number of anilines is 1. The van der Waals surface area contributed by atoms with Crippen LogP contribution in [0.25, 0.3) is 0 Å². The Kier molecular flexibility index (Phi) is 7.27. The fourth-order valence-electron chi connectivity index (χ4n) is 1.43. The molecule has 0 saturated carbocycles. The Morgan fingerprint density at radius 3 is 2.82 bits per heavy atom. The Morgan fingerprint density at radius 2 is 2.23 bits per heavy atom. The SMILES string of the molecule is C=C/C(NC(=O)c1nc(Br)cnc1N)=C(\C=C)OCCCO. The highest BCUT2D eigenvalue weighted by Gasteiger charge is 2.15. The van der Waals surface area contributed by atoms with Crippen molar-refractivity contribution in [1.29, 1.82) is 0 Å². The Balaban J connectivity index is 2.96. The molecule has 0 bridgehead atoms. The molecule has 7 nitrogen and oxygen atoms in total. The second-order valence-corrected chi connectivity index (χ2v) is 4.80. The molecule has 0 spiro atoms. The highest BCUT2D eigenvalue weighted by atomic mass is 79.9. The standard InChI is InChI=1S/C14H17BrN4O3/c1-3-9(10(4-2)22-7-5-6-20)18-14(21)12-13(16)17-8-11(15)19-12/h3-4,8,20H,1-2,5-7H2,(H2,16,17)(H,18,21)/b10-9-. The molecule has 0 unspecified atom stereocenters. The predicted molar refractivity (Wildman–Crippen MR) is 86.7 cm³/mol. The topological polar surface area (TPSA) is 110 Å². The average molecular weight is 369 g/mol. The van der Waals surface area contributed by atoms with E-state index in [1.54, 1.807) is 0 Å². The highest BCUT2D eigenvalue weighted by molar-refractivity contribution is 9.10. The number of nitrogens with two attached hydrogens (primary N) is 1. The molecule has 1 heterocycles. The molecule has 1 aromatic rings. The molecule has 1 rings (SSSR count). The summed E-state index contributed by atoms with van der Waals surface area (Å²) in [6, 6.07) is 0. The first-order valence-corrected chi connectivity index (χ1v) is 7.15. The summed E-state index contributed by atoms with van der Waals surface area (Å²) >= 11 is 3.13. The summed E-state index contributed by atoms with van der Waals surface area (Å²) in [5.41, 5.74) is 5.94. The van der Waals surface area contributed by atoms with Crippen LogP contribution in [0.2, 0.25) is 0 Å². The number of amides is 1. The molecule has 0 fully saturated rings. The predicted octanol–water partition coefficient (Wildman–Crippen LogP) is 1.53. The van der Waals surface area contributed by atoms with Crippen molar-refractivity contribution in [1.82, 2.24) is 15.3 Å². The molecule has 1 aromatic heterocycles. The van der Waals surface area contributed by atoms with Crippen molar-refractivity contribution in [3.8, 4) is 0 Å². The van der Waals surface area contributed by atoms with Gasteiger partial charge in [-0.15, -0.1) is 0 Å². The third kappa shape index (κ3) is 4.97. The molecule has 22 heavy (non-hydrogen) atoms. The summed E-state index contributed by atoms with van der Waals surface area (Å²) in [5.74, 6) is -0.213. The van der Waals surface area contributed by atoms with Crippen molar-refractivity contribution in [3.63, 3.8) is 0 Å². The third-order valence-corrected chi connectivity index (χ3v) is 2.83. The number of aliphatic hydroxyl groups is 1. The lowest BCUT2D eigenvalue weighted by Crippen LogP contribution is -2.26. The number of nitrogens with zero attached hydrogens (tertiary/aromatic N) is 2. The minimum Gasteiger partial charge on any atom is -0.491 e. The first-order chi connectivity index (χ1) is 10.5. The van der Waals surface area contributed by atoms with Gasteiger partial charge in [0.1, 0.15) is 10.4 Å². The number of ether oxygens (including phenoxy) is 1. The fourth-order valence-corrected chi connectivity index (χ4v) is 1.71. The summed E-state index contributed by atoms with van der Waals surface area (Å²) in [6.07, 6.45) is 4.70. The largest absolute Gasteiger partial charge is 0.491 e. The van der Waals surface area contributed by atoms with Crippen molar-refractivity contribution in [2.45, 2.75) is 6.42 Å². The Labute approximate surface area is 136 Å². The highest BCUT2D eigenvalue weighted by Crippen LogP contribution is 2.13. The van der Waals surface area contributed by atoms with Crippen molar-refractivity contribution in [2.24, 2.45) is 0 Å². The number of carbonyl (C=O) groups is 1. The summed E-state index contributed by atoms with van der Waals surface area (Å²) in [4.78, 5) is 20.0. The molecular formula is C14H17BrN4O3. The van der Waals surface area contributed by atoms with E-state index in [1.165, 1.54) is 18.3 Å². The zero-order chi connectivity index (χ0) is 16.5. The number of nitrogen functional groups attached to an aromatic ring is 1. The number of hydrogen-bond acceptors (Lipinski definition) is 6. The second kappa shape index (κ2) is 8.96. The zero-order valence-electron chi connectivity index (χ0n) is 11.9. The molecular weight excluding hydrogens is 352 g/mol. The number of aliphatic hydroxyl groups excluding tert-OH is 1. The number of hydrogen-bond donors (Lipinski definition) is 3. The molecule has 0 aromatic carbocycles. The zero-order valence-corrected chi connectivity index (χ0v) is 13.5. The average Bonchev–Trinajstić information content (AvgIpc) is 2.52. The van der Waals surface area contributed by atoms with Crippen LogP contribution in [-0.4, -0.2) is 34.2 Å². The number of carbonyl (C=O) groups excluding carboxylic acids is 1. The molecule has 0 aliphatic heterocycles. The lowest BCUT2D eigenvalue weighted by atomic mass is 10.3. The molecule has 0 aliphatic carbocycles. The van der Waals surface area contributed by atoms with Crippen molar-refractivity contribution in [3.05, 3.63) is 53.3 Å². The van der Waals surface area contributed by atoms with Gasteiger partial charge in [-0.1, -0.05) is 13.2 Å². The van der Waals surface area contributed by atoms with Gasteiger partial charge in [-0.25, -0.2) is 9.97 Å². The number of halogens is 1. The molecule has 4 N–H and O–H groups in total. The van der Waals surface area contributed by atoms with Crippen LogP contribution in [0, 0.1) is 0 Å². The van der Waals surface area contributed by atoms with E-state index in [1.807, 2.05) is 0 Å². The van der Waals surface area contributed by atoms with Crippen LogP contribution in [0.15, 0.2) is 47.6 Å². The van der Waals surface area contributed by atoms with E-state index in [9.17, 15) is 4.79 Å². The molecule has 0 atom stereocenters. The van der Waals surface area contributed by atoms with E-state index < -0.39 is 5.91 Å². The summed E-state index contributed by atoms with van der Waals surface area (Å²) in [7, 11) is 0. The van der Waals surface area contributed by atoms with E-state index in [-0.39, 0.29) is 24.7 Å². The van der Waals surface area contributed by atoms with Gasteiger partial charge in [0.15, 0.2) is 11.5 Å². The van der Waals surface area contributed by atoms with Crippen LogP contribution in [-0.2, 0) is 4.74 Å². The number of aromatic nitrogens is 2. The fraction of sp³-hybridized carbons (Fsp3) is 0.214. The first kappa shape index (κ1) is 17.9. The lowest BCUT2D eigenvalue weighted by Gasteiger charge is -2.12. The number of allylic oxidation sites excluding steroid dienone is 2. The van der Waals surface area contributed by atoms with Crippen LogP contribution in [0.3, 0.4) is 0 Å². The minimum atomic E-state index is -0.550. The molecule has 118 valence electrons. The Morgan fingerprint density at radius 1 is 1.50 bits per heavy atom. The maximum atomic E-state index is 12.2. The maximum absolute atomic E-state index is 12.2. The van der Waals surface area contributed by atoms with E-state index in [0.29, 0.717) is 22.5 Å². The Bertz CT molecular complexity index is 602. The second-order valence-electron chi connectivity index (χ2n) is 3.99. The van der Waals surface area contributed by atoms with Gasteiger partial charge in [0.2, 0.25) is 0 Å². The third-order valence-electron chi connectivity index (χ3n) is 2.45. The van der Waals surface area contributed by atoms with Crippen LogP contribution in [0.5, 0.6) is 0 Å². The van der Waals surface area contributed by atoms with Gasteiger partial charge >= 0.3 is 0 Å². The van der Waals surface area contributed by atoms with Gasteiger partial charge < -0.3 is 20.9 Å². The molecule has 0 radical (unpaired) electrons. The van der Waals surface area contributed by atoms with Crippen molar-refractivity contribution >= 4 is 27.7 Å². The minimum absolute atomic E-state index is 0.00434. The smallest absolute Gasteiger partial charge is 0.278 e. The first-order valence-electron chi connectivity index (χ1n) is 6.35. The van der Waals surface area contributed by atoms with Crippen LogP contribution < -0.4 is 11.1 Å². The van der Waals surface area contributed by atoms with Gasteiger partial charge in [0.05, 0.1) is 18.5 Å². The monoisotopic (exact) mass is 368 g/mol. The summed E-state index contributed by atoms with van der Waals surface area (Å²) in [6.45, 7) is 7.52. The summed E-state index contributed by atoms with van der Waals surface area (Å²) in [5, 5.41) is 11.3. The van der Waals surface area contributed by atoms with Gasteiger partial charge in [0, 0.05) is 13.0 Å². The van der Waals surface area contributed by atoms with Gasteiger partial charge in [-0.3, -0.25) is 4.79 Å². The normalized spacial score (nSPS) is 11.4. The Hall–Kier alpha value is -2.19. The lowest BCUT2D eigenvalue weighted by molar-refractivity contribution is 0.0958. The van der Waals surface area contributed by atoms with Crippen LogP contribution >= 0.6 is 15.9 Å². The van der Waals surface area contributed by atoms with Gasteiger partial charge in [0.25, 0.3) is 5.91 Å². The molecule has 8 heteroatoms. The molecule has 0 saturated heterocycles. The van der Waals surface area contributed by atoms with E-state index in [0.717, 1.165) is 0 Å². The number of rotatable bonds is 8. The quantitative estimate of drug-likeness (QED) is 0.364.